The summed E-state index contributed by atoms with van der Waals surface area (Å²) in [4.78, 5) is 20.3. The van der Waals surface area contributed by atoms with Crippen LogP contribution in [0.2, 0.25) is 5.28 Å². The number of nitriles is 2. The molecule has 1 aromatic heterocycles. The van der Waals surface area contributed by atoms with Gasteiger partial charge in [0.2, 0.25) is 5.28 Å². The van der Waals surface area contributed by atoms with E-state index in [-0.39, 0.29) is 17.8 Å². The highest BCUT2D eigenvalue weighted by atomic mass is 35.5. The lowest BCUT2D eigenvalue weighted by atomic mass is 9.68. The molecule has 1 fully saturated rings. The maximum Gasteiger partial charge on any atom is 0.319 e. The minimum Gasteiger partial charge on any atom is -0.465 e. The molecule has 1 heterocycles. The lowest BCUT2D eigenvalue weighted by Crippen LogP contribution is -2.46. The average Bonchev–Trinajstić information content (AvgIpc) is 3.31. The highest BCUT2D eigenvalue weighted by Crippen LogP contribution is 2.52. The first-order chi connectivity index (χ1) is 10.1. The Labute approximate surface area is 127 Å². The van der Waals surface area contributed by atoms with Crippen LogP contribution in [0, 0.1) is 34.5 Å². The van der Waals surface area contributed by atoms with Gasteiger partial charge in [-0.2, -0.15) is 10.5 Å². The Morgan fingerprint density at radius 3 is 2.48 bits per heavy atom. The van der Waals surface area contributed by atoms with Gasteiger partial charge in [-0.15, -0.1) is 0 Å². The first-order valence-electron chi connectivity index (χ1n) is 6.55. The molecule has 1 atom stereocenters. The second kappa shape index (κ2) is 6.07. The smallest absolute Gasteiger partial charge is 0.319 e. The Bertz CT molecular complexity index is 601. The van der Waals surface area contributed by atoms with Crippen LogP contribution in [0.4, 0.5) is 0 Å². The molecule has 1 aliphatic carbocycles. The molecule has 0 bridgehead atoms. The van der Waals surface area contributed by atoms with E-state index in [1.165, 1.54) is 12.4 Å². The van der Waals surface area contributed by atoms with Crippen molar-refractivity contribution in [2.45, 2.75) is 25.2 Å². The van der Waals surface area contributed by atoms with Crippen LogP contribution in [-0.4, -0.2) is 22.5 Å². The standard InChI is InChI=1S/C14H13ClN4O2/c1-2-21-12(20)14(9-3-4-9,10(5-16)6-17)11-7-18-13(15)19-8-11/h7-10H,2-4H2,1H3/t14-/m1/s1. The lowest BCUT2D eigenvalue weighted by Gasteiger charge is -2.32. The Balaban J connectivity index is 2.61. The maximum absolute atomic E-state index is 12.6. The molecule has 0 aliphatic heterocycles. The fourth-order valence-electron chi connectivity index (χ4n) is 2.59. The van der Waals surface area contributed by atoms with E-state index in [1.807, 2.05) is 12.1 Å². The summed E-state index contributed by atoms with van der Waals surface area (Å²) in [5.41, 5.74) is -0.939. The van der Waals surface area contributed by atoms with E-state index in [2.05, 4.69) is 9.97 Å². The van der Waals surface area contributed by atoms with Crippen LogP contribution in [0.25, 0.3) is 0 Å². The van der Waals surface area contributed by atoms with Gasteiger partial charge < -0.3 is 4.74 Å². The van der Waals surface area contributed by atoms with E-state index in [9.17, 15) is 15.3 Å². The number of halogens is 1. The van der Waals surface area contributed by atoms with Crippen LogP contribution in [0.5, 0.6) is 0 Å². The summed E-state index contributed by atoms with van der Waals surface area (Å²) in [5, 5.41) is 18.7. The summed E-state index contributed by atoms with van der Waals surface area (Å²) in [6.45, 7) is 1.85. The van der Waals surface area contributed by atoms with Crippen LogP contribution in [0.3, 0.4) is 0 Å². The number of hydrogen-bond donors (Lipinski definition) is 0. The van der Waals surface area contributed by atoms with Crippen LogP contribution < -0.4 is 0 Å². The summed E-state index contributed by atoms with van der Waals surface area (Å²) in [6, 6.07) is 3.83. The van der Waals surface area contributed by atoms with Gasteiger partial charge in [0, 0.05) is 18.0 Å². The maximum atomic E-state index is 12.6. The van der Waals surface area contributed by atoms with E-state index in [4.69, 9.17) is 16.3 Å². The Hall–Kier alpha value is -2.18. The molecule has 0 saturated heterocycles. The van der Waals surface area contributed by atoms with Crippen molar-refractivity contribution >= 4 is 17.6 Å². The third-order valence-electron chi connectivity index (χ3n) is 3.65. The van der Waals surface area contributed by atoms with Gasteiger partial charge >= 0.3 is 5.97 Å². The van der Waals surface area contributed by atoms with E-state index in [0.29, 0.717) is 5.56 Å². The highest BCUT2D eigenvalue weighted by Gasteiger charge is 2.59. The van der Waals surface area contributed by atoms with Crippen molar-refractivity contribution in [3.05, 3.63) is 23.2 Å². The molecule has 0 N–H and O–H groups in total. The molecule has 6 nitrogen and oxygen atoms in total. The molecule has 1 aliphatic rings. The molecule has 0 unspecified atom stereocenters. The Morgan fingerprint density at radius 2 is 2.05 bits per heavy atom. The molecular weight excluding hydrogens is 292 g/mol. The van der Waals surface area contributed by atoms with Gasteiger partial charge in [0.25, 0.3) is 0 Å². The largest absolute Gasteiger partial charge is 0.465 e. The van der Waals surface area contributed by atoms with E-state index in [0.717, 1.165) is 12.8 Å². The second-order valence-electron chi connectivity index (χ2n) is 4.80. The normalized spacial score (nSPS) is 16.6. The van der Waals surface area contributed by atoms with Crippen LogP contribution in [0.1, 0.15) is 25.3 Å². The van der Waals surface area contributed by atoms with E-state index >= 15 is 0 Å². The highest BCUT2D eigenvalue weighted by molar-refractivity contribution is 6.28. The number of rotatable bonds is 5. The lowest BCUT2D eigenvalue weighted by molar-refractivity contribution is -0.152. The first kappa shape index (κ1) is 15.2. The molecule has 21 heavy (non-hydrogen) atoms. The van der Waals surface area contributed by atoms with Gasteiger partial charge in [0.1, 0.15) is 5.41 Å². The summed E-state index contributed by atoms with van der Waals surface area (Å²) in [7, 11) is 0. The van der Waals surface area contributed by atoms with Crippen LogP contribution in [0.15, 0.2) is 12.4 Å². The van der Waals surface area contributed by atoms with Crippen molar-refractivity contribution in [3.63, 3.8) is 0 Å². The van der Waals surface area contributed by atoms with Gasteiger partial charge in [-0.05, 0) is 37.3 Å². The molecule has 1 saturated carbocycles. The quantitative estimate of drug-likeness (QED) is 0.609. The van der Waals surface area contributed by atoms with Crippen LogP contribution in [-0.2, 0) is 14.9 Å². The molecule has 0 spiro atoms. The summed E-state index contributed by atoms with van der Waals surface area (Å²) in [5.74, 6) is -1.86. The fraction of sp³-hybridized carbons (Fsp3) is 0.500. The molecule has 0 radical (unpaired) electrons. The number of ether oxygens (including phenoxy) is 1. The molecule has 0 aromatic carbocycles. The summed E-state index contributed by atoms with van der Waals surface area (Å²) in [6.07, 6.45) is 4.29. The molecule has 1 aromatic rings. The van der Waals surface area contributed by atoms with Crippen molar-refractivity contribution in [1.82, 2.24) is 9.97 Å². The number of carbonyl (C=O) groups is 1. The molecule has 7 heteroatoms. The molecule has 0 amide bonds. The zero-order valence-electron chi connectivity index (χ0n) is 11.4. The number of carbonyl (C=O) groups excluding carboxylic acids is 1. The number of hydrogen-bond acceptors (Lipinski definition) is 6. The summed E-state index contributed by atoms with van der Waals surface area (Å²) >= 11 is 5.68. The zero-order valence-corrected chi connectivity index (χ0v) is 12.2. The van der Waals surface area contributed by atoms with E-state index in [1.54, 1.807) is 6.92 Å². The minimum absolute atomic E-state index is 0.0396. The molecular formula is C14H13ClN4O2. The SMILES string of the molecule is CCOC(=O)[C@@](c1cnc(Cl)nc1)(C(C#N)C#N)C1CC1. The average molecular weight is 305 g/mol. The predicted octanol–water partition coefficient (Wildman–Crippen LogP) is 2.00. The van der Waals surface area contributed by atoms with Crippen molar-refractivity contribution < 1.29 is 9.53 Å². The Kier molecular flexibility index (Phi) is 4.40. The van der Waals surface area contributed by atoms with Crippen molar-refractivity contribution in [3.8, 4) is 12.1 Å². The zero-order chi connectivity index (χ0) is 15.5. The van der Waals surface area contributed by atoms with Gasteiger partial charge in [-0.3, -0.25) is 4.79 Å². The van der Waals surface area contributed by atoms with Crippen molar-refractivity contribution in [2.24, 2.45) is 11.8 Å². The number of esters is 1. The fourth-order valence-corrected chi connectivity index (χ4v) is 2.69. The predicted molar refractivity (Wildman–Crippen MR) is 72.8 cm³/mol. The second-order valence-corrected chi connectivity index (χ2v) is 5.13. The summed E-state index contributed by atoms with van der Waals surface area (Å²) < 4.78 is 5.15. The van der Waals surface area contributed by atoms with Crippen molar-refractivity contribution in [2.75, 3.05) is 6.61 Å². The molecule has 108 valence electrons. The Morgan fingerprint density at radius 1 is 1.48 bits per heavy atom. The van der Waals surface area contributed by atoms with Crippen LogP contribution >= 0.6 is 11.6 Å². The van der Waals surface area contributed by atoms with Gasteiger partial charge in [0.15, 0.2) is 5.92 Å². The number of nitrogens with zero attached hydrogens (tertiary/aromatic N) is 4. The monoisotopic (exact) mass is 304 g/mol. The molecule has 2 rings (SSSR count). The van der Waals surface area contributed by atoms with Gasteiger partial charge in [0.05, 0.1) is 18.7 Å². The van der Waals surface area contributed by atoms with Gasteiger partial charge in [-0.1, -0.05) is 0 Å². The van der Waals surface area contributed by atoms with Gasteiger partial charge in [-0.25, -0.2) is 9.97 Å². The number of aromatic nitrogens is 2. The minimum atomic E-state index is -1.34. The first-order valence-corrected chi connectivity index (χ1v) is 6.93. The third-order valence-corrected chi connectivity index (χ3v) is 3.84. The van der Waals surface area contributed by atoms with E-state index < -0.39 is 17.3 Å². The third kappa shape index (κ3) is 2.55. The topological polar surface area (TPSA) is 99.7 Å². The van der Waals surface area contributed by atoms with Crippen molar-refractivity contribution in [1.29, 1.82) is 10.5 Å².